The number of halogens is 1. The van der Waals surface area contributed by atoms with Gasteiger partial charge in [-0.3, -0.25) is 5.32 Å². The van der Waals surface area contributed by atoms with Gasteiger partial charge in [-0.25, -0.2) is 4.79 Å². The van der Waals surface area contributed by atoms with Crippen LogP contribution in [0.1, 0.15) is 0 Å². The number of benzene rings is 1. The van der Waals surface area contributed by atoms with E-state index < -0.39 is 6.09 Å². The number of alkyl halides is 1. The fourth-order valence-corrected chi connectivity index (χ4v) is 1.35. The molecule has 100 valence electrons. The summed E-state index contributed by atoms with van der Waals surface area (Å²) >= 11 is 5.42. The highest BCUT2D eigenvalue weighted by molar-refractivity contribution is 6.17. The maximum Gasteiger partial charge on any atom is 0.411 e. The molecule has 0 aliphatic rings. The molecule has 0 heterocycles. The number of methoxy groups -OCH3 is 1. The summed E-state index contributed by atoms with van der Waals surface area (Å²) in [7, 11) is 1.53. The van der Waals surface area contributed by atoms with Crippen LogP contribution in [0.15, 0.2) is 24.3 Å². The summed E-state index contributed by atoms with van der Waals surface area (Å²) in [5.41, 5.74) is 0.562. The molecule has 0 saturated carbocycles. The van der Waals surface area contributed by atoms with E-state index in [0.29, 0.717) is 30.5 Å². The van der Waals surface area contributed by atoms with Crippen molar-refractivity contribution in [1.29, 1.82) is 0 Å². The van der Waals surface area contributed by atoms with Crippen molar-refractivity contribution in [2.75, 3.05) is 38.1 Å². The summed E-state index contributed by atoms with van der Waals surface area (Å²) in [6.45, 7) is 0.947. The van der Waals surface area contributed by atoms with Gasteiger partial charge in [-0.2, -0.15) is 0 Å². The van der Waals surface area contributed by atoms with Crippen LogP contribution in [0.5, 0.6) is 5.75 Å². The van der Waals surface area contributed by atoms with Crippen LogP contribution in [0.3, 0.4) is 0 Å². The Hall–Kier alpha value is -1.46. The van der Waals surface area contributed by atoms with Gasteiger partial charge in [0.1, 0.15) is 12.4 Å². The highest BCUT2D eigenvalue weighted by Gasteiger charge is 2.07. The number of carbonyl (C=O) groups excluding carboxylic acids is 1. The van der Waals surface area contributed by atoms with E-state index in [1.807, 2.05) is 6.07 Å². The number of amides is 1. The molecule has 1 aromatic carbocycles. The molecular formula is C12H16ClNO4. The van der Waals surface area contributed by atoms with E-state index in [4.69, 9.17) is 25.8 Å². The van der Waals surface area contributed by atoms with Crippen molar-refractivity contribution in [3.63, 3.8) is 0 Å². The standard InChI is InChI=1S/C12H16ClNO4/c1-16-11-5-3-2-4-10(11)14-12(15)18-9-8-17-7-6-13/h2-5H,6-9H2,1H3,(H,14,15). The molecule has 1 amide bonds. The van der Waals surface area contributed by atoms with Gasteiger partial charge in [0.25, 0.3) is 0 Å². The van der Waals surface area contributed by atoms with Crippen LogP contribution in [0, 0.1) is 0 Å². The Morgan fingerprint density at radius 1 is 1.28 bits per heavy atom. The Balaban J connectivity index is 2.31. The maximum atomic E-state index is 11.4. The highest BCUT2D eigenvalue weighted by Crippen LogP contribution is 2.22. The van der Waals surface area contributed by atoms with E-state index in [1.165, 1.54) is 7.11 Å². The summed E-state index contributed by atoms with van der Waals surface area (Å²) in [6, 6.07) is 7.08. The number of hydrogen-bond acceptors (Lipinski definition) is 4. The second-order valence-electron chi connectivity index (χ2n) is 3.26. The molecule has 0 fully saturated rings. The van der Waals surface area contributed by atoms with Crippen molar-refractivity contribution < 1.29 is 19.0 Å². The van der Waals surface area contributed by atoms with Gasteiger partial charge in [0.2, 0.25) is 0 Å². The summed E-state index contributed by atoms with van der Waals surface area (Å²) in [4.78, 5) is 11.4. The van der Waals surface area contributed by atoms with Gasteiger partial charge in [0, 0.05) is 5.88 Å². The van der Waals surface area contributed by atoms with Crippen molar-refractivity contribution in [2.24, 2.45) is 0 Å². The van der Waals surface area contributed by atoms with Crippen LogP contribution in [0.2, 0.25) is 0 Å². The first-order valence-electron chi connectivity index (χ1n) is 5.48. The average Bonchev–Trinajstić information content (AvgIpc) is 2.39. The first-order valence-corrected chi connectivity index (χ1v) is 6.02. The topological polar surface area (TPSA) is 56.8 Å². The quantitative estimate of drug-likeness (QED) is 0.613. The lowest BCUT2D eigenvalue weighted by atomic mass is 10.3. The number of hydrogen-bond donors (Lipinski definition) is 1. The molecular weight excluding hydrogens is 258 g/mol. The van der Waals surface area contributed by atoms with Crippen molar-refractivity contribution in [3.8, 4) is 5.75 Å². The van der Waals surface area contributed by atoms with E-state index >= 15 is 0 Å². The van der Waals surface area contributed by atoms with Gasteiger partial charge in [-0.05, 0) is 12.1 Å². The molecule has 18 heavy (non-hydrogen) atoms. The third-order valence-electron chi connectivity index (χ3n) is 2.03. The van der Waals surface area contributed by atoms with Crippen LogP contribution in [0.4, 0.5) is 10.5 Å². The molecule has 0 aliphatic carbocycles. The second kappa shape index (κ2) is 8.60. The minimum Gasteiger partial charge on any atom is -0.495 e. The lowest BCUT2D eigenvalue weighted by molar-refractivity contribution is 0.0859. The van der Waals surface area contributed by atoms with E-state index in [-0.39, 0.29) is 6.61 Å². The Kier molecular flexibility index (Phi) is 6.98. The Morgan fingerprint density at radius 2 is 2.06 bits per heavy atom. The van der Waals surface area contributed by atoms with Crippen LogP contribution >= 0.6 is 11.6 Å². The highest BCUT2D eigenvalue weighted by atomic mass is 35.5. The largest absolute Gasteiger partial charge is 0.495 e. The first kappa shape index (κ1) is 14.6. The zero-order chi connectivity index (χ0) is 13.2. The van der Waals surface area contributed by atoms with Crippen molar-refractivity contribution in [1.82, 2.24) is 0 Å². The summed E-state index contributed by atoms with van der Waals surface area (Å²) in [6.07, 6.45) is -0.547. The van der Waals surface area contributed by atoms with Gasteiger partial charge >= 0.3 is 6.09 Å². The van der Waals surface area contributed by atoms with Crippen molar-refractivity contribution in [2.45, 2.75) is 0 Å². The number of carbonyl (C=O) groups is 1. The Labute approximate surface area is 111 Å². The van der Waals surface area contributed by atoms with Crippen molar-refractivity contribution >= 4 is 23.4 Å². The molecule has 0 unspecified atom stereocenters. The normalized spacial score (nSPS) is 9.89. The van der Waals surface area contributed by atoms with Crippen LogP contribution < -0.4 is 10.1 Å². The third-order valence-corrected chi connectivity index (χ3v) is 2.18. The van der Waals surface area contributed by atoms with E-state index in [2.05, 4.69) is 5.32 Å². The zero-order valence-corrected chi connectivity index (χ0v) is 10.9. The van der Waals surface area contributed by atoms with Gasteiger partial charge in [-0.15, -0.1) is 11.6 Å². The molecule has 0 aliphatic heterocycles. The average molecular weight is 274 g/mol. The molecule has 1 rings (SSSR count). The minimum absolute atomic E-state index is 0.178. The van der Waals surface area contributed by atoms with Crippen LogP contribution in [-0.2, 0) is 9.47 Å². The molecule has 1 N–H and O–H groups in total. The second-order valence-corrected chi connectivity index (χ2v) is 3.64. The lowest BCUT2D eigenvalue weighted by Gasteiger charge is -2.10. The monoisotopic (exact) mass is 273 g/mol. The SMILES string of the molecule is COc1ccccc1NC(=O)OCCOCCCl. The number of nitrogens with one attached hydrogen (secondary N) is 1. The Morgan fingerprint density at radius 3 is 2.78 bits per heavy atom. The number of ether oxygens (including phenoxy) is 3. The zero-order valence-electron chi connectivity index (χ0n) is 10.1. The van der Waals surface area contributed by atoms with Crippen LogP contribution in [0.25, 0.3) is 0 Å². The molecule has 5 nitrogen and oxygen atoms in total. The Bertz CT molecular complexity index is 373. The maximum absolute atomic E-state index is 11.4. The summed E-state index contributed by atoms with van der Waals surface area (Å²) < 4.78 is 15.1. The smallest absolute Gasteiger partial charge is 0.411 e. The third kappa shape index (κ3) is 5.25. The van der Waals surface area contributed by atoms with Crippen LogP contribution in [-0.4, -0.2) is 38.9 Å². The van der Waals surface area contributed by atoms with Gasteiger partial charge in [0.15, 0.2) is 0 Å². The van der Waals surface area contributed by atoms with Crippen molar-refractivity contribution in [3.05, 3.63) is 24.3 Å². The predicted octanol–water partition coefficient (Wildman–Crippen LogP) is 2.50. The van der Waals surface area contributed by atoms with Gasteiger partial charge < -0.3 is 14.2 Å². The fourth-order valence-electron chi connectivity index (χ4n) is 1.24. The van der Waals surface area contributed by atoms with E-state index in [1.54, 1.807) is 18.2 Å². The molecule has 1 aromatic rings. The molecule has 0 atom stereocenters. The van der Waals surface area contributed by atoms with Gasteiger partial charge in [-0.1, -0.05) is 12.1 Å². The van der Waals surface area contributed by atoms with Gasteiger partial charge in [0.05, 0.1) is 26.0 Å². The fraction of sp³-hybridized carbons (Fsp3) is 0.417. The molecule has 6 heteroatoms. The molecule has 0 bridgehead atoms. The summed E-state index contributed by atoms with van der Waals surface area (Å²) in [5, 5.41) is 2.58. The van der Waals surface area contributed by atoms with E-state index in [9.17, 15) is 4.79 Å². The molecule has 0 saturated heterocycles. The summed E-state index contributed by atoms with van der Waals surface area (Å²) in [5.74, 6) is 1.00. The molecule has 0 spiro atoms. The number of rotatable bonds is 7. The number of anilines is 1. The lowest BCUT2D eigenvalue weighted by Crippen LogP contribution is -2.17. The molecule has 0 radical (unpaired) electrons. The van der Waals surface area contributed by atoms with E-state index in [0.717, 1.165) is 0 Å². The first-order chi connectivity index (χ1) is 8.77. The minimum atomic E-state index is -0.547. The number of para-hydroxylation sites is 2. The predicted molar refractivity (Wildman–Crippen MR) is 69.5 cm³/mol. The molecule has 0 aromatic heterocycles.